The lowest BCUT2D eigenvalue weighted by molar-refractivity contribution is -0.153. The number of pyridine rings is 1. The minimum absolute atomic E-state index is 0.0587. The molecule has 10 heteroatoms. The van der Waals surface area contributed by atoms with Crippen molar-refractivity contribution in [1.29, 1.82) is 0 Å². The van der Waals surface area contributed by atoms with Crippen molar-refractivity contribution in [1.82, 2.24) is 4.98 Å². The molecule has 1 N–H and O–H groups in total. The Morgan fingerprint density at radius 1 is 1.04 bits per heavy atom. The Balaban J connectivity index is 2.13. The number of rotatable bonds is 4. The molecule has 1 aromatic carbocycles. The van der Waals surface area contributed by atoms with E-state index in [1.807, 2.05) is 0 Å². The number of alkyl halides is 6. The number of anilines is 1. The summed E-state index contributed by atoms with van der Waals surface area (Å²) in [6.45, 7) is -1.55. The molecule has 134 valence electrons. The lowest BCUT2D eigenvalue weighted by atomic mass is 10.2. The van der Waals surface area contributed by atoms with Crippen molar-refractivity contribution >= 4 is 11.6 Å². The fraction of sp³-hybridized carbons (Fsp3) is 0.200. The number of halogens is 6. The lowest BCUT2D eigenvalue weighted by Gasteiger charge is -2.14. The summed E-state index contributed by atoms with van der Waals surface area (Å²) in [5.74, 6) is -1.07. The average molecular weight is 364 g/mol. The quantitative estimate of drug-likeness (QED) is 0.824. The van der Waals surface area contributed by atoms with Crippen LogP contribution < -0.4 is 10.1 Å². The first-order chi connectivity index (χ1) is 11.6. The minimum Gasteiger partial charge on any atom is -0.482 e. The number of amides is 1. The maximum absolute atomic E-state index is 12.4. The number of carbonyl (C=O) groups excluding carboxylic acids is 1. The summed E-state index contributed by atoms with van der Waals surface area (Å²) in [4.78, 5) is 15.2. The van der Waals surface area contributed by atoms with Gasteiger partial charge in [0.15, 0.2) is 6.61 Å². The van der Waals surface area contributed by atoms with Gasteiger partial charge in [0, 0.05) is 6.20 Å². The third kappa shape index (κ3) is 5.37. The van der Waals surface area contributed by atoms with E-state index in [0.29, 0.717) is 6.07 Å². The van der Waals surface area contributed by atoms with Gasteiger partial charge >= 0.3 is 12.4 Å². The molecule has 0 atom stereocenters. The second-order valence-corrected chi connectivity index (χ2v) is 4.78. The van der Waals surface area contributed by atoms with E-state index in [2.05, 4.69) is 15.0 Å². The molecule has 0 aliphatic rings. The molecule has 1 aromatic heterocycles. The van der Waals surface area contributed by atoms with Gasteiger partial charge in [-0.1, -0.05) is 12.1 Å². The minimum atomic E-state index is -4.65. The van der Waals surface area contributed by atoms with Gasteiger partial charge in [-0.15, -0.1) is 0 Å². The Kier molecular flexibility index (Phi) is 5.19. The van der Waals surface area contributed by atoms with E-state index in [1.54, 1.807) is 0 Å². The monoisotopic (exact) mass is 364 g/mol. The predicted octanol–water partition coefficient (Wildman–Crippen LogP) is 4.29. The Morgan fingerprint density at radius 2 is 1.72 bits per heavy atom. The zero-order valence-corrected chi connectivity index (χ0v) is 12.3. The number of aromatic nitrogens is 1. The van der Waals surface area contributed by atoms with Crippen LogP contribution in [0.1, 0.15) is 16.1 Å². The van der Waals surface area contributed by atoms with Crippen LogP contribution in [0.4, 0.5) is 32.0 Å². The van der Waals surface area contributed by atoms with Gasteiger partial charge in [0.05, 0.1) is 11.3 Å². The molecule has 2 rings (SSSR count). The van der Waals surface area contributed by atoms with Crippen molar-refractivity contribution in [3.05, 3.63) is 53.9 Å². The molecule has 0 spiro atoms. The molecular formula is C15H10F6N2O2. The number of hydrogen-bond acceptors (Lipinski definition) is 3. The van der Waals surface area contributed by atoms with Crippen molar-refractivity contribution in [3.8, 4) is 5.75 Å². The second-order valence-electron chi connectivity index (χ2n) is 4.78. The molecule has 0 aliphatic heterocycles. The van der Waals surface area contributed by atoms with Crippen molar-refractivity contribution in [3.63, 3.8) is 0 Å². The smallest absolute Gasteiger partial charge is 0.433 e. The van der Waals surface area contributed by atoms with Gasteiger partial charge in [-0.2, -0.15) is 26.3 Å². The summed E-state index contributed by atoms with van der Waals surface area (Å²) in [5.41, 5.74) is -1.42. The Hall–Kier alpha value is -2.78. The summed E-state index contributed by atoms with van der Waals surface area (Å²) in [5, 5.41) is 2.27. The number of para-hydroxylation sites is 2. The number of ether oxygens (including phenoxy) is 1. The zero-order chi connectivity index (χ0) is 18.7. The van der Waals surface area contributed by atoms with Crippen LogP contribution in [-0.2, 0) is 6.18 Å². The van der Waals surface area contributed by atoms with Crippen LogP contribution in [0.5, 0.6) is 5.75 Å². The average Bonchev–Trinajstić information content (AvgIpc) is 2.52. The highest BCUT2D eigenvalue weighted by molar-refractivity contribution is 6.04. The summed E-state index contributed by atoms with van der Waals surface area (Å²) < 4.78 is 78.6. The molecule has 0 radical (unpaired) electrons. The highest BCUT2D eigenvalue weighted by Crippen LogP contribution is 2.28. The zero-order valence-electron chi connectivity index (χ0n) is 12.3. The van der Waals surface area contributed by atoms with Gasteiger partial charge in [0.25, 0.3) is 5.91 Å². The normalized spacial score (nSPS) is 11.9. The largest absolute Gasteiger partial charge is 0.482 e. The second kappa shape index (κ2) is 6.99. The molecule has 0 aliphatic carbocycles. The van der Waals surface area contributed by atoms with Gasteiger partial charge in [-0.3, -0.25) is 9.78 Å². The van der Waals surface area contributed by atoms with Crippen molar-refractivity contribution in [2.45, 2.75) is 12.4 Å². The summed E-state index contributed by atoms with van der Waals surface area (Å²) in [6, 6.07) is 6.89. The summed E-state index contributed by atoms with van der Waals surface area (Å²) in [7, 11) is 0. The van der Waals surface area contributed by atoms with Crippen LogP contribution in [0.25, 0.3) is 0 Å². The highest BCUT2D eigenvalue weighted by atomic mass is 19.4. The lowest BCUT2D eigenvalue weighted by Crippen LogP contribution is -2.20. The molecule has 0 bridgehead atoms. The molecular weight excluding hydrogens is 354 g/mol. The number of nitrogens with one attached hydrogen (secondary N) is 1. The number of hydrogen-bond donors (Lipinski definition) is 1. The molecule has 1 heterocycles. The highest BCUT2D eigenvalue weighted by Gasteiger charge is 2.32. The van der Waals surface area contributed by atoms with Crippen molar-refractivity contribution < 1.29 is 35.9 Å². The molecule has 1 amide bonds. The molecule has 0 saturated heterocycles. The van der Waals surface area contributed by atoms with Gasteiger partial charge in [0.1, 0.15) is 11.4 Å². The fourth-order valence-electron chi connectivity index (χ4n) is 1.75. The van der Waals surface area contributed by atoms with E-state index in [9.17, 15) is 31.1 Å². The van der Waals surface area contributed by atoms with E-state index in [0.717, 1.165) is 12.3 Å². The molecule has 0 unspecified atom stereocenters. The van der Waals surface area contributed by atoms with E-state index in [1.165, 1.54) is 24.3 Å². The van der Waals surface area contributed by atoms with E-state index < -0.39 is 30.6 Å². The Morgan fingerprint density at radius 3 is 2.28 bits per heavy atom. The van der Waals surface area contributed by atoms with Crippen LogP contribution in [0.3, 0.4) is 0 Å². The van der Waals surface area contributed by atoms with Crippen LogP contribution in [0, 0.1) is 0 Å². The molecule has 0 fully saturated rings. The number of benzene rings is 1. The Labute approximate surface area is 137 Å². The fourth-order valence-corrected chi connectivity index (χ4v) is 1.75. The van der Waals surface area contributed by atoms with Crippen LogP contribution in [-0.4, -0.2) is 23.7 Å². The van der Waals surface area contributed by atoms with Gasteiger partial charge < -0.3 is 10.1 Å². The van der Waals surface area contributed by atoms with Crippen molar-refractivity contribution in [2.24, 2.45) is 0 Å². The van der Waals surface area contributed by atoms with Gasteiger partial charge in [-0.25, -0.2) is 0 Å². The van der Waals surface area contributed by atoms with E-state index in [4.69, 9.17) is 0 Å². The summed E-state index contributed by atoms with van der Waals surface area (Å²) in [6.07, 6.45) is -8.49. The molecule has 4 nitrogen and oxygen atoms in total. The standard InChI is InChI=1S/C15H10F6N2O2/c16-14(17,18)8-25-11-4-2-1-3-10(11)23-13(24)9-5-6-12(22-7-9)15(19,20)21/h1-7H,8H2,(H,23,24). The third-order valence-electron chi connectivity index (χ3n) is 2.84. The maximum atomic E-state index is 12.4. The van der Waals surface area contributed by atoms with Crippen LogP contribution in [0.2, 0.25) is 0 Å². The Bertz CT molecular complexity index is 741. The summed E-state index contributed by atoms with van der Waals surface area (Å²) >= 11 is 0. The SMILES string of the molecule is O=C(Nc1ccccc1OCC(F)(F)F)c1ccc(C(F)(F)F)nc1. The molecule has 0 saturated carbocycles. The van der Waals surface area contributed by atoms with Gasteiger partial charge in [-0.05, 0) is 24.3 Å². The topological polar surface area (TPSA) is 51.2 Å². The van der Waals surface area contributed by atoms with Crippen LogP contribution in [0.15, 0.2) is 42.6 Å². The van der Waals surface area contributed by atoms with Crippen molar-refractivity contribution in [2.75, 3.05) is 11.9 Å². The number of nitrogens with zero attached hydrogens (tertiary/aromatic N) is 1. The maximum Gasteiger partial charge on any atom is 0.433 e. The first-order valence-electron chi connectivity index (χ1n) is 6.69. The molecule has 2 aromatic rings. The van der Waals surface area contributed by atoms with Crippen LogP contribution >= 0.6 is 0 Å². The van der Waals surface area contributed by atoms with Gasteiger partial charge in [0.2, 0.25) is 0 Å². The third-order valence-corrected chi connectivity index (χ3v) is 2.84. The van der Waals surface area contributed by atoms with E-state index in [-0.39, 0.29) is 17.0 Å². The van der Waals surface area contributed by atoms with E-state index >= 15 is 0 Å². The predicted molar refractivity (Wildman–Crippen MR) is 75.2 cm³/mol. The first kappa shape index (κ1) is 18.6. The first-order valence-corrected chi connectivity index (χ1v) is 6.69. The molecule has 25 heavy (non-hydrogen) atoms. The number of carbonyl (C=O) groups is 1.